The molecule has 1 aliphatic heterocycles. The first-order chi connectivity index (χ1) is 14.0. The number of hydrogen-bond acceptors (Lipinski definition) is 4. The van der Waals surface area contributed by atoms with Crippen LogP contribution in [0.2, 0.25) is 0 Å². The van der Waals surface area contributed by atoms with Crippen LogP contribution in [0.3, 0.4) is 0 Å². The molecule has 0 aliphatic carbocycles. The topological polar surface area (TPSA) is 83.2 Å². The zero-order valence-electron chi connectivity index (χ0n) is 17.3. The number of anilines is 2. The van der Waals surface area contributed by atoms with Crippen LogP contribution in [0.5, 0.6) is 0 Å². The van der Waals surface area contributed by atoms with Gasteiger partial charge in [0, 0.05) is 37.6 Å². The number of hydrogen-bond donors (Lipinski definition) is 2. The van der Waals surface area contributed by atoms with Gasteiger partial charge in [-0.2, -0.15) is 0 Å². The van der Waals surface area contributed by atoms with Gasteiger partial charge in [-0.25, -0.2) is 9.98 Å². The van der Waals surface area contributed by atoms with Crippen molar-refractivity contribution in [3.8, 4) is 0 Å². The molecule has 29 heavy (non-hydrogen) atoms. The lowest BCUT2D eigenvalue weighted by Gasteiger charge is -2.34. The van der Waals surface area contributed by atoms with Crippen molar-refractivity contribution in [2.45, 2.75) is 13.3 Å². The number of aliphatic imine (C=N–C) groups is 2. The Morgan fingerprint density at radius 1 is 1.07 bits per heavy atom. The van der Waals surface area contributed by atoms with E-state index in [1.807, 2.05) is 43.3 Å². The van der Waals surface area contributed by atoms with Gasteiger partial charge in [0.15, 0.2) is 0 Å². The Morgan fingerprint density at radius 3 is 2.38 bits per heavy atom. The van der Waals surface area contributed by atoms with E-state index in [-0.39, 0.29) is 5.96 Å². The molecule has 6 nitrogen and oxygen atoms in total. The Labute approximate surface area is 173 Å². The number of guanidine groups is 1. The third-order valence-electron chi connectivity index (χ3n) is 5.13. The normalized spacial score (nSPS) is 16.1. The predicted molar refractivity (Wildman–Crippen MR) is 125 cm³/mol. The summed E-state index contributed by atoms with van der Waals surface area (Å²) in [5.41, 5.74) is 17.2. The highest BCUT2D eigenvalue weighted by molar-refractivity contribution is 6.25. The smallest absolute Gasteiger partial charge is 0.220 e. The molecule has 0 atom stereocenters. The standard InChI is InChI=1S/C23H30N6/c1-4-22(17(2)18-6-5-7-19(24)16-18)27-23(25)26-20-8-10-21(11-9-20)29-14-12-28(3)13-15-29/h5-11,16H,2,4,12-15,24H2,1,3H3,(H2,25,26). The monoisotopic (exact) mass is 390 g/mol. The minimum Gasteiger partial charge on any atom is -0.399 e. The summed E-state index contributed by atoms with van der Waals surface area (Å²) in [6, 6.07) is 15.7. The first-order valence-corrected chi connectivity index (χ1v) is 9.96. The molecule has 2 aromatic rings. The fraction of sp³-hybridized carbons (Fsp3) is 0.304. The fourth-order valence-corrected chi connectivity index (χ4v) is 3.35. The quantitative estimate of drug-likeness (QED) is 0.465. The van der Waals surface area contributed by atoms with Gasteiger partial charge >= 0.3 is 0 Å². The lowest BCUT2D eigenvalue weighted by Crippen LogP contribution is -2.44. The van der Waals surface area contributed by atoms with E-state index < -0.39 is 0 Å². The summed E-state index contributed by atoms with van der Waals surface area (Å²) in [4.78, 5) is 13.7. The summed E-state index contributed by atoms with van der Waals surface area (Å²) >= 11 is 0. The highest BCUT2D eigenvalue weighted by atomic mass is 15.2. The minimum atomic E-state index is 0.222. The van der Waals surface area contributed by atoms with E-state index in [1.165, 1.54) is 5.69 Å². The molecular weight excluding hydrogens is 360 g/mol. The van der Waals surface area contributed by atoms with Crippen molar-refractivity contribution in [2.24, 2.45) is 15.7 Å². The van der Waals surface area contributed by atoms with Gasteiger partial charge in [-0.05, 0) is 61.0 Å². The lowest BCUT2D eigenvalue weighted by atomic mass is 10.0. The molecule has 152 valence electrons. The van der Waals surface area contributed by atoms with E-state index >= 15 is 0 Å². The van der Waals surface area contributed by atoms with Crippen molar-refractivity contribution in [3.05, 3.63) is 60.7 Å². The van der Waals surface area contributed by atoms with Crippen LogP contribution in [0, 0.1) is 0 Å². The van der Waals surface area contributed by atoms with E-state index in [9.17, 15) is 0 Å². The Hall–Kier alpha value is -3.12. The van der Waals surface area contributed by atoms with Crippen LogP contribution in [0.1, 0.15) is 18.9 Å². The molecule has 0 radical (unpaired) electrons. The van der Waals surface area contributed by atoms with Crippen molar-refractivity contribution < 1.29 is 0 Å². The highest BCUT2D eigenvalue weighted by Gasteiger charge is 2.14. The summed E-state index contributed by atoms with van der Waals surface area (Å²) in [6.45, 7) is 10.4. The maximum atomic E-state index is 6.10. The first-order valence-electron chi connectivity index (χ1n) is 9.96. The van der Waals surface area contributed by atoms with Gasteiger partial charge in [0.2, 0.25) is 5.96 Å². The van der Waals surface area contributed by atoms with Crippen LogP contribution >= 0.6 is 0 Å². The molecule has 0 spiro atoms. The number of piperazine rings is 1. The number of benzene rings is 2. The zero-order valence-corrected chi connectivity index (χ0v) is 17.3. The van der Waals surface area contributed by atoms with Gasteiger partial charge < -0.3 is 21.3 Å². The summed E-state index contributed by atoms with van der Waals surface area (Å²) in [6.07, 6.45) is 0.701. The SMILES string of the molecule is C=C(C(CC)=NC(N)=Nc1ccc(N2CCN(C)CC2)cc1)c1cccc(N)c1. The molecule has 0 bridgehead atoms. The van der Waals surface area contributed by atoms with E-state index in [1.54, 1.807) is 0 Å². The molecule has 3 rings (SSSR count). The summed E-state index contributed by atoms with van der Waals surface area (Å²) in [7, 11) is 2.16. The average molecular weight is 391 g/mol. The van der Waals surface area contributed by atoms with E-state index in [4.69, 9.17) is 11.5 Å². The van der Waals surface area contributed by atoms with Crippen molar-refractivity contribution in [1.29, 1.82) is 0 Å². The second-order valence-electron chi connectivity index (χ2n) is 7.29. The Morgan fingerprint density at radius 2 is 1.76 bits per heavy atom. The number of nitrogen functional groups attached to an aromatic ring is 1. The number of rotatable bonds is 5. The van der Waals surface area contributed by atoms with Gasteiger partial charge in [0.05, 0.1) is 11.4 Å². The molecule has 0 aromatic heterocycles. The van der Waals surface area contributed by atoms with Crippen molar-refractivity contribution in [3.63, 3.8) is 0 Å². The third kappa shape index (κ3) is 5.45. The van der Waals surface area contributed by atoms with Crippen LogP contribution in [0.25, 0.3) is 5.57 Å². The number of likely N-dealkylation sites (N-methyl/N-ethyl adjacent to an activating group) is 1. The van der Waals surface area contributed by atoms with E-state index in [2.05, 4.69) is 45.5 Å². The summed E-state index contributed by atoms with van der Waals surface area (Å²) < 4.78 is 0. The van der Waals surface area contributed by atoms with Crippen molar-refractivity contribution in [2.75, 3.05) is 43.9 Å². The van der Waals surface area contributed by atoms with Gasteiger partial charge in [-0.1, -0.05) is 25.6 Å². The fourth-order valence-electron chi connectivity index (χ4n) is 3.35. The molecule has 0 amide bonds. The van der Waals surface area contributed by atoms with Crippen molar-refractivity contribution in [1.82, 2.24) is 4.90 Å². The molecule has 2 aromatic carbocycles. The number of nitrogens with zero attached hydrogens (tertiary/aromatic N) is 4. The second-order valence-corrected chi connectivity index (χ2v) is 7.29. The minimum absolute atomic E-state index is 0.222. The highest BCUT2D eigenvalue weighted by Crippen LogP contribution is 2.22. The molecule has 0 unspecified atom stereocenters. The van der Waals surface area contributed by atoms with Crippen molar-refractivity contribution >= 4 is 34.3 Å². The molecule has 1 fully saturated rings. The lowest BCUT2D eigenvalue weighted by molar-refractivity contribution is 0.313. The zero-order chi connectivity index (χ0) is 20.8. The maximum Gasteiger partial charge on any atom is 0.220 e. The molecule has 1 saturated heterocycles. The van der Waals surface area contributed by atoms with E-state index in [0.717, 1.165) is 48.7 Å². The molecular formula is C23H30N6. The molecule has 1 aliphatic rings. The molecule has 0 saturated carbocycles. The Bertz CT molecular complexity index is 905. The second kappa shape index (κ2) is 9.39. The first kappa shape index (κ1) is 20.6. The van der Waals surface area contributed by atoms with Crippen LogP contribution in [0.4, 0.5) is 17.1 Å². The molecule has 1 heterocycles. The average Bonchev–Trinajstić information content (AvgIpc) is 2.73. The van der Waals surface area contributed by atoms with E-state index in [0.29, 0.717) is 12.1 Å². The van der Waals surface area contributed by atoms with Gasteiger partial charge in [-0.3, -0.25) is 0 Å². The van der Waals surface area contributed by atoms with Crippen LogP contribution in [-0.4, -0.2) is 49.8 Å². The van der Waals surface area contributed by atoms with Gasteiger partial charge in [0.1, 0.15) is 0 Å². The summed E-state index contributed by atoms with van der Waals surface area (Å²) in [5, 5.41) is 0. The van der Waals surface area contributed by atoms with Gasteiger partial charge in [-0.15, -0.1) is 0 Å². The van der Waals surface area contributed by atoms with Crippen LogP contribution in [-0.2, 0) is 0 Å². The molecule has 4 N–H and O–H groups in total. The maximum absolute atomic E-state index is 6.10. The number of allylic oxidation sites excluding steroid dienone is 1. The number of nitrogens with two attached hydrogens (primary N) is 2. The van der Waals surface area contributed by atoms with Gasteiger partial charge in [0.25, 0.3) is 0 Å². The van der Waals surface area contributed by atoms with Crippen LogP contribution < -0.4 is 16.4 Å². The molecule has 6 heteroatoms. The third-order valence-corrected chi connectivity index (χ3v) is 5.13. The predicted octanol–water partition coefficient (Wildman–Crippen LogP) is 3.53. The Kier molecular flexibility index (Phi) is 6.67. The van der Waals surface area contributed by atoms with Crippen LogP contribution in [0.15, 0.2) is 65.1 Å². The largest absolute Gasteiger partial charge is 0.399 e. The Balaban J connectivity index is 1.72. The summed E-state index contributed by atoms with van der Waals surface area (Å²) in [5.74, 6) is 0.222.